The van der Waals surface area contributed by atoms with E-state index in [1.165, 1.54) is 6.92 Å². The topological polar surface area (TPSA) is 106 Å². The number of hydrogen-bond acceptors (Lipinski definition) is 6. The molecule has 2 amide bonds. The van der Waals surface area contributed by atoms with E-state index in [9.17, 15) is 14.4 Å². The van der Waals surface area contributed by atoms with Gasteiger partial charge in [-0.1, -0.05) is 30.3 Å². The van der Waals surface area contributed by atoms with Gasteiger partial charge in [0.2, 0.25) is 6.10 Å². The van der Waals surface area contributed by atoms with Gasteiger partial charge >= 0.3 is 5.97 Å². The minimum absolute atomic E-state index is 0.0113. The number of carbonyl (C=O) groups is 3. The predicted octanol–water partition coefficient (Wildman–Crippen LogP) is 4.84. The summed E-state index contributed by atoms with van der Waals surface area (Å²) in [4.78, 5) is 49.0. The van der Waals surface area contributed by atoms with Crippen molar-refractivity contribution in [2.45, 2.75) is 38.7 Å². The highest BCUT2D eigenvalue weighted by molar-refractivity contribution is 6.05. The summed E-state index contributed by atoms with van der Waals surface area (Å²) < 4.78 is 7.30. The second-order valence-corrected chi connectivity index (χ2v) is 9.86. The summed E-state index contributed by atoms with van der Waals surface area (Å²) in [6.45, 7) is 4.16. The van der Waals surface area contributed by atoms with Crippen LogP contribution in [-0.2, 0) is 14.3 Å². The van der Waals surface area contributed by atoms with Crippen molar-refractivity contribution >= 4 is 23.5 Å². The number of amides is 2. The van der Waals surface area contributed by atoms with Crippen LogP contribution in [0.5, 0.6) is 0 Å². The molecule has 1 aliphatic rings. The highest BCUT2D eigenvalue weighted by atomic mass is 16.5. The fraction of sp³-hybridized carbons (Fsp3) is 0.258. The third-order valence-electron chi connectivity index (χ3n) is 7.04. The molecule has 0 radical (unpaired) electrons. The number of aromatic nitrogens is 3. The molecule has 1 aliphatic heterocycles. The highest BCUT2D eigenvalue weighted by Gasteiger charge is 2.33. The number of esters is 1. The second-order valence-electron chi connectivity index (χ2n) is 9.86. The first-order valence-electron chi connectivity index (χ1n) is 13.3. The minimum Gasteiger partial charge on any atom is -0.447 e. The van der Waals surface area contributed by atoms with Crippen LogP contribution in [0.2, 0.25) is 0 Å². The molecule has 2 aromatic carbocycles. The molecule has 9 nitrogen and oxygen atoms in total. The number of nitrogens with zero attached hydrogens (tertiary/aromatic N) is 4. The van der Waals surface area contributed by atoms with Crippen molar-refractivity contribution < 1.29 is 19.1 Å². The fourth-order valence-electron chi connectivity index (χ4n) is 5.00. The zero-order chi connectivity index (χ0) is 28.1. The summed E-state index contributed by atoms with van der Waals surface area (Å²) in [6, 6.07) is 20.2. The zero-order valence-electron chi connectivity index (χ0n) is 22.5. The standard InChI is InChI=1S/C31H31N5O4/c1-21-8-13-27(30(38)34-25-9-11-26(12-10-25)36-19-16-32-20-36)28(33-21)23-14-17-35(18-15-23)31(39)29(40-22(2)37)24-6-4-3-5-7-24/h3-13,16,19-20,23,29H,14-15,17-18H2,1-2H3,(H,34,38)/t29-/m0/s1. The fourth-order valence-corrected chi connectivity index (χ4v) is 5.00. The van der Waals surface area contributed by atoms with Crippen LogP contribution in [0.15, 0.2) is 85.5 Å². The van der Waals surface area contributed by atoms with E-state index in [-0.39, 0.29) is 17.7 Å². The molecule has 1 fully saturated rings. The normalized spacial score (nSPS) is 14.4. The molecule has 0 aliphatic carbocycles. The van der Waals surface area contributed by atoms with Gasteiger partial charge in [0.1, 0.15) is 0 Å². The first kappa shape index (κ1) is 26.8. The van der Waals surface area contributed by atoms with Gasteiger partial charge in [-0.2, -0.15) is 0 Å². The Morgan fingerprint density at radius 2 is 1.70 bits per heavy atom. The monoisotopic (exact) mass is 537 g/mol. The van der Waals surface area contributed by atoms with Crippen LogP contribution in [0.1, 0.15) is 59.1 Å². The number of aryl methyl sites for hydroxylation is 1. The number of nitrogens with one attached hydrogen (secondary N) is 1. The lowest BCUT2D eigenvalue weighted by Crippen LogP contribution is -2.42. The molecule has 4 aromatic rings. The Labute approximate surface area is 232 Å². The summed E-state index contributed by atoms with van der Waals surface area (Å²) in [5.41, 5.74) is 4.35. The number of anilines is 1. The van der Waals surface area contributed by atoms with Crippen molar-refractivity contribution in [1.82, 2.24) is 19.4 Å². The van der Waals surface area contributed by atoms with Crippen LogP contribution in [-0.4, -0.2) is 50.3 Å². The lowest BCUT2D eigenvalue weighted by atomic mass is 9.89. The molecule has 0 spiro atoms. The summed E-state index contributed by atoms with van der Waals surface area (Å²) in [6.07, 6.45) is 5.59. The van der Waals surface area contributed by atoms with Crippen LogP contribution < -0.4 is 5.32 Å². The van der Waals surface area contributed by atoms with Crippen LogP contribution >= 0.6 is 0 Å². The predicted molar refractivity (Wildman–Crippen MR) is 150 cm³/mol. The Morgan fingerprint density at radius 1 is 0.975 bits per heavy atom. The Kier molecular flexibility index (Phi) is 8.00. The van der Waals surface area contributed by atoms with Crippen molar-refractivity contribution in [3.8, 4) is 5.69 Å². The number of benzene rings is 2. The second kappa shape index (κ2) is 11.9. The van der Waals surface area contributed by atoms with E-state index in [0.717, 1.165) is 17.1 Å². The van der Waals surface area contributed by atoms with Gasteiger partial charge in [0.25, 0.3) is 11.8 Å². The van der Waals surface area contributed by atoms with Gasteiger partial charge in [0.15, 0.2) is 0 Å². The molecule has 1 atom stereocenters. The number of imidazole rings is 1. The van der Waals surface area contributed by atoms with Crippen LogP contribution in [0, 0.1) is 6.92 Å². The molecule has 0 unspecified atom stereocenters. The Bertz CT molecular complexity index is 1480. The van der Waals surface area contributed by atoms with E-state index in [4.69, 9.17) is 9.72 Å². The smallest absolute Gasteiger partial charge is 0.303 e. The van der Waals surface area contributed by atoms with Gasteiger partial charge < -0.3 is 19.5 Å². The van der Waals surface area contributed by atoms with Gasteiger partial charge in [-0.3, -0.25) is 19.4 Å². The molecular formula is C31H31N5O4. The van der Waals surface area contributed by atoms with E-state index in [2.05, 4.69) is 10.3 Å². The minimum atomic E-state index is -0.978. The van der Waals surface area contributed by atoms with Crippen molar-refractivity contribution in [2.24, 2.45) is 0 Å². The lowest BCUT2D eigenvalue weighted by Gasteiger charge is -2.34. The van der Waals surface area contributed by atoms with Crippen LogP contribution in [0.3, 0.4) is 0 Å². The molecule has 5 rings (SSSR count). The largest absolute Gasteiger partial charge is 0.447 e. The van der Waals surface area contributed by atoms with E-state index in [1.54, 1.807) is 29.6 Å². The molecule has 3 heterocycles. The van der Waals surface area contributed by atoms with Gasteiger partial charge in [0, 0.05) is 61.0 Å². The maximum Gasteiger partial charge on any atom is 0.303 e. The maximum atomic E-state index is 13.4. The highest BCUT2D eigenvalue weighted by Crippen LogP contribution is 2.32. The number of pyridine rings is 1. The molecule has 40 heavy (non-hydrogen) atoms. The van der Waals surface area contributed by atoms with Crippen LogP contribution in [0.4, 0.5) is 5.69 Å². The van der Waals surface area contributed by atoms with Gasteiger partial charge in [-0.25, -0.2) is 4.98 Å². The van der Waals surface area contributed by atoms with E-state index in [0.29, 0.717) is 42.7 Å². The van der Waals surface area contributed by atoms with Gasteiger partial charge in [-0.15, -0.1) is 0 Å². The summed E-state index contributed by atoms with van der Waals surface area (Å²) in [5, 5.41) is 2.99. The van der Waals surface area contributed by atoms with Crippen molar-refractivity contribution in [3.05, 3.63) is 108 Å². The molecule has 0 bridgehead atoms. The van der Waals surface area contributed by atoms with Gasteiger partial charge in [0.05, 0.1) is 17.6 Å². The number of piperidine rings is 1. The zero-order valence-corrected chi connectivity index (χ0v) is 22.5. The number of likely N-dealkylation sites (tertiary alicyclic amines) is 1. The van der Waals surface area contributed by atoms with Crippen LogP contribution in [0.25, 0.3) is 5.69 Å². The SMILES string of the molecule is CC(=O)O[C@H](C(=O)N1CCC(c2nc(C)ccc2C(=O)Nc2ccc(-n3ccnc3)cc2)CC1)c1ccccc1. The average molecular weight is 538 g/mol. The Balaban J connectivity index is 1.28. The lowest BCUT2D eigenvalue weighted by molar-refractivity contribution is -0.159. The first-order chi connectivity index (χ1) is 19.4. The quantitative estimate of drug-likeness (QED) is 0.338. The Hall–Kier alpha value is -4.79. The molecular weight excluding hydrogens is 506 g/mol. The number of hydrogen-bond donors (Lipinski definition) is 1. The molecule has 0 saturated carbocycles. The van der Waals surface area contributed by atoms with Crippen molar-refractivity contribution in [3.63, 3.8) is 0 Å². The third-order valence-corrected chi connectivity index (χ3v) is 7.04. The summed E-state index contributed by atoms with van der Waals surface area (Å²) in [7, 11) is 0. The number of carbonyl (C=O) groups excluding carboxylic acids is 3. The Morgan fingerprint density at radius 3 is 2.35 bits per heavy atom. The molecule has 9 heteroatoms. The van der Waals surface area contributed by atoms with Crippen molar-refractivity contribution in [2.75, 3.05) is 18.4 Å². The summed E-state index contributed by atoms with van der Waals surface area (Å²) >= 11 is 0. The molecule has 2 aromatic heterocycles. The van der Waals surface area contributed by atoms with E-state index < -0.39 is 12.1 Å². The number of rotatable bonds is 7. The van der Waals surface area contributed by atoms with Gasteiger partial charge in [-0.05, 0) is 56.2 Å². The third kappa shape index (κ3) is 6.09. The van der Waals surface area contributed by atoms with E-state index in [1.807, 2.05) is 72.3 Å². The summed E-state index contributed by atoms with van der Waals surface area (Å²) in [5.74, 6) is -0.963. The van der Waals surface area contributed by atoms with E-state index >= 15 is 0 Å². The number of ether oxygens (including phenoxy) is 1. The maximum absolute atomic E-state index is 13.4. The first-order valence-corrected chi connectivity index (χ1v) is 13.3. The average Bonchev–Trinajstić information content (AvgIpc) is 3.51. The molecule has 1 N–H and O–H groups in total. The molecule has 1 saturated heterocycles. The van der Waals surface area contributed by atoms with Crippen molar-refractivity contribution in [1.29, 1.82) is 0 Å². The molecule has 204 valence electrons.